The molecule has 0 aliphatic carbocycles. The van der Waals surface area contributed by atoms with Gasteiger partial charge in [0.1, 0.15) is 6.54 Å². The zero-order valence-corrected chi connectivity index (χ0v) is 17.5. The normalized spacial score (nSPS) is 14.4. The molecule has 158 valence electrons. The zero-order valence-electron chi connectivity index (χ0n) is 15.9. The first-order valence-corrected chi connectivity index (χ1v) is 10.3. The van der Waals surface area contributed by atoms with Crippen molar-refractivity contribution in [1.82, 2.24) is 9.88 Å². The molecule has 30 heavy (non-hydrogen) atoms. The minimum absolute atomic E-state index is 0.223. The van der Waals surface area contributed by atoms with E-state index in [0.29, 0.717) is 20.9 Å². The van der Waals surface area contributed by atoms with E-state index in [1.54, 1.807) is 19.9 Å². The van der Waals surface area contributed by atoms with Gasteiger partial charge in [0.25, 0.3) is 11.1 Å². The fourth-order valence-corrected chi connectivity index (χ4v) is 4.35. The Morgan fingerprint density at radius 3 is 2.60 bits per heavy atom. The van der Waals surface area contributed by atoms with Gasteiger partial charge in [-0.25, -0.2) is 4.98 Å². The standard InChI is InChI=1S/C19H16F3N3O3S2/c1-10(2)15-16(27)25(18(28)30-15)9-14(26)24-17-23-8-13(29-17)7-11-4-3-5-12(6-11)19(20,21)22/h3-6,8H,7,9H2,1-2H3,(H,23,24,26). The Morgan fingerprint density at radius 1 is 1.23 bits per heavy atom. The molecule has 0 radical (unpaired) electrons. The number of carbonyl (C=O) groups is 3. The minimum atomic E-state index is -4.42. The number of amides is 3. The van der Waals surface area contributed by atoms with Crippen molar-refractivity contribution < 1.29 is 27.6 Å². The Morgan fingerprint density at radius 2 is 1.97 bits per heavy atom. The molecule has 0 saturated carbocycles. The summed E-state index contributed by atoms with van der Waals surface area (Å²) in [6.07, 6.45) is -2.73. The van der Waals surface area contributed by atoms with E-state index < -0.39 is 35.3 Å². The lowest BCUT2D eigenvalue weighted by atomic mass is 10.1. The highest BCUT2D eigenvalue weighted by atomic mass is 32.2. The minimum Gasteiger partial charge on any atom is -0.300 e. The second-order valence-corrected chi connectivity index (χ2v) is 8.72. The lowest BCUT2D eigenvalue weighted by Crippen LogP contribution is -2.36. The van der Waals surface area contributed by atoms with Crippen molar-refractivity contribution in [2.75, 3.05) is 11.9 Å². The smallest absolute Gasteiger partial charge is 0.300 e. The molecule has 1 aromatic heterocycles. The molecule has 1 aliphatic heterocycles. The first kappa shape index (κ1) is 22.0. The number of thiazole rings is 1. The van der Waals surface area contributed by atoms with Gasteiger partial charge in [-0.3, -0.25) is 19.3 Å². The van der Waals surface area contributed by atoms with Gasteiger partial charge >= 0.3 is 6.18 Å². The fourth-order valence-electron chi connectivity index (χ4n) is 2.65. The highest BCUT2D eigenvalue weighted by Gasteiger charge is 2.37. The Labute approximate surface area is 178 Å². The van der Waals surface area contributed by atoms with Gasteiger partial charge in [0, 0.05) is 17.5 Å². The molecule has 0 spiro atoms. The number of carbonyl (C=O) groups excluding carboxylic acids is 3. The molecule has 1 saturated heterocycles. The van der Waals surface area contributed by atoms with E-state index >= 15 is 0 Å². The average molecular weight is 455 g/mol. The molecule has 0 bridgehead atoms. The van der Waals surface area contributed by atoms with Crippen molar-refractivity contribution in [2.24, 2.45) is 0 Å². The number of aromatic nitrogens is 1. The molecule has 6 nitrogen and oxygen atoms in total. The Balaban J connectivity index is 1.62. The molecular formula is C19H16F3N3O3S2. The summed E-state index contributed by atoms with van der Waals surface area (Å²) >= 11 is 1.90. The quantitative estimate of drug-likeness (QED) is 0.663. The van der Waals surface area contributed by atoms with Gasteiger partial charge in [-0.05, 0) is 37.2 Å². The first-order valence-electron chi connectivity index (χ1n) is 8.66. The Hall–Kier alpha value is -2.66. The predicted molar refractivity (Wildman–Crippen MR) is 108 cm³/mol. The van der Waals surface area contributed by atoms with Gasteiger partial charge in [-0.15, -0.1) is 11.3 Å². The molecule has 2 heterocycles. The van der Waals surface area contributed by atoms with Gasteiger partial charge in [0.2, 0.25) is 5.91 Å². The number of alkyl halides is 3. The van der Waals surface area contributed by atoms with Crippen molar-refractivity contribution in [3.05, 3.63) is 56.9 Å². The first-order chi connectivity index (χ1) is 14.0. The molecule has 1 aromatic carbocycles. The van der Waals surface area contributed by atoms with Crippen LogP contribution < -0.4 is 5.32 Å². The predicted octanol–water partition coefficient (Wildman–Crippen LogP) is 4.68. The van der Waals surface area contributed by atoms with Crippen LogP contribution in [-0.2, 0) is 22.2 Å². The number of hydrogen-bond acceptors (Lipinski definition) is 6. The Kier molecular flexibility index (Phi) is 6.32. The van der Waals surface area contributed by atoms with Crippen molar-refractivity contribution in [3.63, 3.8) is 0 Å². The van der Waals surface area contributed by atoms with Crippen molar-refractivity contribution in [1.29, 1.82) is 0 Å². The molecule has 3 amide bonds. The third-order valence-electron chi connectivity index (χ3n) is 4.04. The van der Waals surface area contributed by atoms with E-state index in [2.05, 4.69) is 10.3 Å². The van der Waals surface area contributed by atoms with E-state index in [-0.39, 0.29) is 11.6 Å². The summed E-state index contributed by atoms with van der Waals surface area (Å²) in [6, 6.07) is 4.99. The summed E-state index contributed by atoms with van der Waals surface area (Å²) < 4.78 is 38.5. The van der Waals surface area contributed by atoms with Crippen molar-refractivity contribution in [2.45, 2.75) is 26.4 Å². The van der Waals surface area contributed by atoms with Crippen LogP contribution in [0.3, 0.4) is 0 Å². The molecular weight excluding hydrogens is 439 g/mol. The van der Waals surface area contributed by atoms with Crippen molar-refractivity contribution >= 4 is 45.3 Å². The van der Waals surface area contributed by atoms with Gasteiger partial charge in [-0.1, -0.05) is 23.8 Å². The molecule has 3 rings (SSSR count). The van der Waals surface area contributed by atoms with Crippen molar-refractivity contribution in [3.8, 4) is 0 Å². The largest absolute Gasteiger partial charge is 0.416 e. The molecule has 0 atom stereocenters. The van der Waals surface area contributed by atoms with E-state index in [0.717, 1.165) is 40.1 Å². The third-order valence-corrected chi connectivity index (χ3v) is 6.13. The number of allylic oxidation sites excluding steroid dienone is 1. The molecule has 1 fully saturated rings. The number of nitrogens with one attached hydrogen (secondary N) is 1. The summed E-state index contributed by atoms with van der Waals surface area (Å²) in [7, 11) is 0. The number of imide groups is 1. The topological polar surface area (TPSA) is 79.4 Å². The van der Waals surface area contributed by atoms with Gasteiger partial charge in [-0.2, -0.15) is 13.2 Å². The van der Waals surface area contributed by atoms with Crippen LogP contribution in [0.2, 0.25) is 0 Å². The zero-order chi connectivity index (χ0) is 22.1. The molecule has 11 heteroatoms. The summed E-state index contributed by atoms with van der Waals surface area (Å²) in [5, 5.41) is 2.23. The molecule has 0 unspecified atom stereocenters. The van der Waals surface area contributed by atoms with E-state index in [1.165, 1.54) is 12.3 Å². The molecule has 2 aromatic rings. The lowest BCUT2D eigenvalue weighted by Gasteiger charge is -2.11. The SMILES string of the molecule is CC(C)=C1SC(=O)N(CC(=O)Nc2ncc(Cc3cccc(C(F)(F)F)c3)s2)C1=O. The number of benzene rings is 1. The van der Waals surface area contributed by atoms with E-state index in [1.807, 2.05) is 0 Å². The summed E-state index contributed by atoms with van der Waals surface area (Å²) in [4.78, 5) is 42.2. The van der Waals surface area contributed by atoms with Crippen LogP contribution in [0.4, 0.5) is 23.1 Å². The van der Waals surface area contributed by atoms with Gasteiger partial charge < -0.3 is 5.32 Å². The highest BCUT2D eigenvalue weighted by Crippen LogP contribution is 2.33. The van der Waals surface area contributed by atoms with Crippen LogP contribution in [0, 0.1) is 0 Å². The van der Waals surface area contributed by atoms with Crippen LogP contribution in [0.25, 0.3) is 0 Å². The maximum absolute atomic E-state index is 12.8. The number of halogens is 3. The van der Waals surface area contributed by atoms with E-state index in [9.17, 15) is 27.6 Å². The number of thioether (sulfide) groups is 1. The monoisotopic (exact) mass is 455 g/mol. The van der Waals surface area contributed by atoms with Gasteiger partial charge in [0.15, 0.2) is 5.13 Å². The van der Waals surface area contributed by atoms with Crippen LogP contribution in [0.1, 0.15) is 29.9 Å². The summed E-state index contributed by atoms with van der Waals surface area (Å²) in [6.45, 7) is 2.97. The lowest BCUT2D eigenvalue weighted by molar-refractivity contribution is -0.137. The summed E-state index contributed by atoms with van der Waals surface area (Å²) in [5.41, 5.74) is 0.429. The second-order valence-electron chi connectivity index (χ2n) is 6.64. The maximum atomic E-state index is 12.8. The average Bonchev–Trinajstić information content (AvgIpc) is 3.20. The summed E-state index contributed by atoms with van der Waals surface area (Å²) in [5.74, 6) is -1.10. The molecule has 1 aliphatic rings. The van der Waals surface area contributed by atoms with Gasteiger partial charge in [0.05, 0.1) is 10.5 Å². The van der Waals surface area contributed by atoms with Crippen LogP contribution >= 0.6 is 23.1 Å². The number of anilines is 1. The maximum Gasteiger partial charge on any atom is 0.416 e. The highest BCUT2D eigenvalue weighted by molar-refractivity contribution is 8.18. The molecule has 1 N–H and O–H groups in total. The number of nitrogens with zero attached hydrogens (tertiary/aromatic N) is 2. The third kappa shape index (κ3) is 5.08. The van der Waals surface area contributed by atoms with Crippen LogP contribution in [0.5, 0.6) is 0 Å². The van der Waals surface area contributed by atoms with E-state index in [4.69, 9.17) is 0 Å². The fraction of sp³-hybridized carbons (Fsp3) is 0.263. The second kappa shape index (κ2) is 8.60. The van der Waals surface area contributed by atoms with Crippen LogP contribution in [0.15, 0.2) is 40.9 Å². The van der Waals surface area contributed by atoms with Crippen LogP contribution in [-0.4, -0.2) is 33.5 Å². The number of rotatable bonds is 5. The Bertz CT molecular complexity index is 1040. The number of hydrogen-bond donors (Lipinski definition) is 1.